The van der Waals surface area contributed by atoms with Gasteiger partial charge in [0.25, 0.3) is 5.89 Å². The second kappa shape index (κ2) is 6.23. The van der Waals surface area contributed by atoms with E-state index in [9.17, 15) is 4.79 Å². The van der Waals surface area contributed by atoms with Gasteiger partial charge in [-0.05, 0) is 54.6 Å². The SMILES string of the molecule is Cc1ccc(C)c2sc(-c3nc(-c4ccc(C(=O)O)cc4Cl)no3)cc12. The number of thiophene rings is 1. The second-order valence-corrected chi connectivity index (χ2v) is 7.44. The van der Waals surface area contributed by atoms with Crippen molar-refractivity contribution in [2.45, 2.75) is 13.8 Å². The van der Waals surface area contributed by atoms with E-state index in [2.05, 4.69) is 42.2 Å². The molecule has 0 radical (unpaired) electrons. The van der Waals surface area contributed by atoms with E-state index in [-0.39, 0.29) is 10.6 Å². The van der Waals surface area contributed by atoms with E-state index >= 15 is 0 Å². The van der Waals surface area contributed by atoms with Crippen molar-refractivity contribution >= 4 is 39.0 Å². The van der Waals surface area contributed by atoms with Gasteiger partial charge in [0.1, 0.15) is 0 Å². The molecule has 0 amide bonds. The number of carboxylic acids is 1. The van der Waals surface area contributed by atoms with E-state index in [1.807, 2.05) is 0 Å². The fourth-order valence-corrected chi connectivity index (χ4v) is 4.15. The highest BCUT2D eigenvalue weighted by Gasteiger charge is 2.17. The minimum Gasteiger partial charge on any atom is -0.478 e. The van der Waals surface area contributed by atoms with Gasteiger partial charge in [0.2, 0.25) is 5.82 Å². The van der Waals surface area contributed by atoms with Gasteiger partial charge < -0.3 is 9.63 Å². The Hall–Kier alpha value is -2.70. The summed E-state index contributed by atoms with van der Waals surface area (Å²) in [6.07, 6.45) is 0. The van der Waals surface area contributed by atoms with Crippen LogP contribution < -0.4 is 0 Å². The van der Waals surface area contributed by atoms with Gasteiger partial charge in [-0.15, -0.1) is 11.3 Å². The maximum atomic E-state index is 11.0. The Morgan fingerprint density at radius 3 is 2.62 bits per heavy atom. The Kier molecular flexibility index (Phi) is 4.01. The normalized spacial score (nSPS) is 11.2. The standard InChI is InChI=1S/C19H13ClN2O3S/c1-9-3-4-10(2)16-13(9)8-15(26-16)18-21-17(22-25-18)12-6-5-11(19(23)24)7-14(12)20/h3-8H,1-2H3,(H,23,24). The molecule has 2 aromatic carbocycles. The third-order valence-electron chi connectivity index (χ3n) is 4.19. The summed E-state index contributed by atoms with van der Waals surface area (Å²) in [5.74, 6) is -0.297. The van der Waals surface area contributed by atoms with Crippen LogP contribution in [0.15, 0.2) is 40.9 Å². The van der Waals surface area contributed by atoms with Crippen LogP contribution in [0.25, 0.3) is 32.2 Å². The highest BCUT2D eigenvalue weighted by molar-refractivity contribution is 7.22. The van der Waals surface area contributed by atoms with Crippen molar-refractivity contribution in [1.82, 2.24) is 10.1 Å². The third-order valence-corrected chi connectivity index (χ3v) is 5.76. The number of aromatic carboxylic acids is 1. The number of hydrogen-bond acceptors (Lipinski definition) is 5. The Balaban J connectivity index is 1.76. The first-order valence-corrected chi connectivity index (χ1v) is 9.00. The van der Waals surface area contributed by atoms with E-state index < -0.39 is 5.97 Å². The quantitative estimate of drug-likeness (QED) is 0.498. The molecule has 7 heteroatoms. The molecule has 1 N–H and O–H groups in total. The highest BCUT2D eigenvalue weighted by Crippen LogP contribution is 2.37. The van der Waals surface area contributed by atoms with Crippen molar-refractivity contribution in [2.24, 2.45) is 0 Å². The Morgan fingerprint density at radius 1 is 1.15 bits per heavy atom. The van der Waals surface area contributed by atoms with Gasteiger partial charge in [-0.1, -0.05) is 28.9 Å². The van der Waals surface area contributed by atoms with Crippen LogP contribution in [0.3, 0.4) is 0 Å². The zero-order chi connectivity index (χ0) is 18.4. The molecule has 0 unspecified atom stereocenters. The van der Waals surface area contributed by atoms with Crippen LogP contribution in [0.2, 0.25) is 5.02 Å². The van der Waals surface area contributed by atoms with E-state index in [4.69, 9.17) is 21.2 Å². The van der Waals surface area contributed by atoms with Crippen molar-refractivity contribution in [2.75, 3.05) is 0 Å². The molecule has 26 heavy (non-hydrogen) atoms. The highest BCUT2D eigenvalue weighted by atomic mass is 35.5. The molecule has 0 fully saturated rings. The lowest BCUT2D eigenvalue weighted by Gasteiger charge is -2.00. The first-order valence-electron chi connectivity index (χ1n) is 7.81. The minimum atomic E-state index is -1.04. The van der Waals surface area contributed by atoms with Crippen molar-refractivity contribution in [3.63, 3.8) is 0 Å². The van der Waals surface area contributed by atoms with Crippen molar-refractivity contribution in [3.05, 3.63) is 58.1 Å². The number of carbonyl (C=O) groups is 1. The molecule has 0 spiro atoms. The fraction of sp³-hybridized carbons (Fsp3) is 0.105. The van der Waals surface area contributed by atoms with Crippen LogP contribution in [-0.4, -0.2) is 21.2 Å². The number of rotatable bonds is 3. The second-order valence-electron chi connectivity index (χ2n) is 5.98. The molecule has 2 aromatic heterocycles. The molecule has 0 bridgehead atoms. The fourth-order valence-electron chi connectivity index (χ4n) is 2.76. The lowest BCUT2D eigenvalue weighted by molar-refractivity contribution is 0.0697. The summed E-state index contributed by atoms with van der Waals surface area (Å²) in [6.45, 7) is 4.15. The summed E-state index contributed by atoms with van der Waals surface area (Å²) in [5.41, 5.74) is 3.03. The van der Waals surface area contributed by atoms with Crippen LogP contribution in [-0.2, 0) is 0 Å². The van der Waals surface area contributed by atoms with Gasteiger partial charge in [-0.2, -0.15) is 4.98 Å². The van der Waals surface area contributed by atoms with Gasteiger partial charge in [-0.3, -0.25) is 0 Å². The lowest BCUT2D eigenvalue weighted by Crippen LogP contribution is -1.96. The zero-order valence-electron chi connectivity index (χ0n) is 13.9. The first-order chi connectivity index (χ1) is 12.4. The minimum absolute atomic E-state index is 0.109. The molecule has 4 rings (SSSR count). The maximum Gasteiger partial charge on any atom is 0.335 e. The maximum absolute atomic E-state index is 11.0. The monoisotopic (exact) mass is 384 g/mol. The van der Waals surface area contributed by atoms with Crippen molar-refractivity contribution in [3.8, 4) is 22.2 Å². The summed E-state index contributed by atoms with van der Waals surface area (Å²) in [7, 11) is 0. The van der Waals surface area contributed by atoms with Crippen LogP contribution >= 0.6 is 22.9 Å². The average molecular weight is 385 g/mol. The third kappa shape index (κ3) is 2.77. The molecule has 5 nitrogen and oxygen atoms in total. The first kappa shape index (κ1) is 16.8. The largest absolute Gasteiger partial charge is 0.478 e. The Labute approximate surface area is 157 Å². The number of nitrogens with zero attached hydrogens (tertiary/aromatic N) is 2. The summed E-state index contributed by atoms with van der Waals surface area (Å²) < 4.78 is 6.62. The number of halogens is 1. The molecule has 0 aliphatic carbocycles. The van der Waals surface area contributed by atoms with Crippen LogP contribution in [0.5, 0.6) is 0 Å². The van der Waals surface area contributed by atoms with Gasteiger partial charge in [-0.25, -0.2) is 4.79 Å². The van der Waals surface area contributed by atoms with Crippen LogP contribution in [0.1, 0.15) is 21.5 Å². The van der Waals surface area contributed by atoms with Crippen molar-refractivity contribution in [1.29, 1.82) is 0 Å². The van der Waals surface area contributed by atoms with E-state index in [0.717, 1.165) is 4.88 Å². The van der Waals surface area contributed by atoms with E-state index in [1.165, 1.54) is 33.3 Å². The number of fused-ring (bicyclic) bond motifs is 1. The predicted octanol–water partition coefficient (Wildman–Crippen LogP) is 5.59. The summed E-state index contributed by atoms with van der Waals surface area (Å²) in [6, 6.07) is 10.7. The lowest BCUT2D eigenvalue weighted by atomic mass is 10.1. The molecule has 130 valence electrons. The topological polar surface area (TPSA) is 76.2 Å². The molecule has 0 saturated heterocycles. The molecule has 0 atom stereocenters. The molecule has 0 aliphatic heterocycles. The Morgan fingerprint density at radius 2 is 1.92 bits per heavy atom. The van der Waals surface area contributed by atoms with E-state index in [1.54, 1.807) is 17.4 Å². The summed E-state index contributed by atoms with van der Waals surface area (Å²) >= 11 is 7.79. The van der Waals surface area contributed by atoms with Crippen molar-refractivity contribution < 1.29 is 14.4 Å². The number of aromatic nitrogens is 2. The number of benzene rings is 2. The number of hydrogen-bond donors (Lipinski definition) is 1. The van der Waals surface area contributed by atoms with E-state index in [0.29, 0.717) is 17.3 Å². The number of aryl methyl sites for hydroxylation is 2. The molecular formula is C19H13ClN2O3S. The van der Waals surface area contributed by atoms with Crippen LogP contribution in [0.4, 0.5) is 0 Å². The molecular weight excluding hydrogens is 372 g/mol. The van der Waals surface area contributed by atoms with Gasteiger partial charge >= 0.3 is 5.97 Å². The Bertz CT molecular complexity index is 1120. The van der Waals surface area contributed by atoms with Gasteiger partial charge in [0.05, 0.1) is 15.5 Å². The molecule has 0 aliphatic rings. The van der Waals surface area contributed by atoms with Gasteiger partial charge in [0.15, 0.2) is 0 Å². The average Bonchev–Trinajstić information content (AvgIpc) is 3.25. The molecule has 2 heterocycles. The smallest absolute Gasteiger partial charge is 0.335 e. The summed E-state index contributed by atoms with van der Waals surface area (Å²) in [5, 5.41) is 14.5. The summed E-state index contributed by atoms with van der Waals surface area (Å²) in [4.78, 5) is 16.3. The zero-order valence-corrected chi connectivity index (χ0v) is 15.5. The molecule has 4 aromatic rings. The predicted molar refractivity (Wildman–Crippen MR) is 102 cm³/mol. The molecule has 0 saturated carbocycles. The van der Waals surface area contributed by atoms with Crippen LogP contribution in [0, 0.1) is 13.8 Å². The van der Waals surface area contributed by atoms with Gasteiger partial charge in [0, 0.05) is 10.3 Å². The number of carboxylic acid groups (broad SMARTS) is 1.